The van der Waals surface area contributed by atoms with Crippen LogP contribution in [0.4, 0.5) is 0 Å². The molecule has 0 unspecified atom stereocenters. The summed E-state index contributed by atoms with van der Waals surface area (Å²) in [6.07, 6.45) is 3.61. The second-order valence-electron chi connectivity index (χ2n) is 5.47. The molecule has 4 heteroatoms. The third kappa shape index (κ3) is 3.41. The molecule has 0 bridgehead atoms. The van der Waals surface area contributed by atoms with Crippen molar-refractivity contribution in [1.29, 1.82) is 5.26 Å². The summed E-state index contributed by atoms with van der Waals surface area (Å²) in [5, 5.41) is 9.13. The molecule has 96 valence electrons. The molecule has 0 aliphatic carbocycles. The van der Waals surface area contributed by atoms with Crippen LogP contribution in [0.5, 0.6) is 0 Å². The average molecular weight is 238 g/mol. The van der Waals surface area contributed by atoms with Gasteiger partial charge in [0.2, 0.25) is 0 Å². The summed E-state index contributed by atoms with van der Waals surface area (Å²) < 4.78 is 10.5. The molecule has 2 aliphatic heterocycles. The number of nitrogens with zero attached hydrogens (tertiary/aromatic N) is 2. The Bertz CT molecular complexity index is 278. The minimum atomic E-state index is -0.232. The largest absolute Gasteiger partial charge is 0.381 e. The first-order valence-electron chi connectivity index (χ1n) is 6.49. The number of nitriles is 1. The van der Waals surface area contributed by atoms with E-state index in [1.807, 2.05) is 0 Å². The molecule has 17 heavy (non-hydrogen) atoms. The zero-order valence-corrected chi connectivity index (χ0v) is 10.7. The van der Waals surface area contributed by atoms with Crippen LogP contribution in [-0.4, -0.2) is 51.5 Å². The molecule has 2 heterocycles. The van der Waals surface area contributed by atoms with Crippen molar-refractivity contribution in [2.45, 2.75) is 19.3 Å². The smallest absolute Gasteiger partial charge is 0.116 e. The van der Waals surface area contributed by atoms with E-state index in [1.165, 1.54) is 19.3 Å². The van der Waals surface area contributed by atoms with Crippen LogP contribution in [0, 0.1) is 22.7 Å². The van der Waals surface area contributed by atoms with Crippen LogP contribution in [0.1, 0.15) is 19.3 Å². The fourth-order valence-corrected chi connectivity index (χ4v) is 2.57. The molecule has 2 fully saturated rings. The second kappa shape index (κ2) is 5.81. The SMILES string of the molecule is CN(CCC1CCOCC1)CC1(C#N)COC1. The lowest BCUT2D eigenvalue weighted by molar-refractivity contribution is -0.0892. The van der Waals surface area contributed by atoms with Crippen molar-refractivity contribution in [3.05, 3.63) is 0 Å². The molecule has 0 radical (unpaired) electrons. The Morgan fingerprint density at radius 2 is 2.00 bits per heavy atom. The molecular weight excluding hydrogens is 216 g/mol. The van der Waals surface area contributed by atoms with Crippen molar-refractivity contribution in [1.82, 2.24) is 4.90 Å². The Labute approximate surface area is 103 Å². The molecule has 2 aliphatic rings. The lowest BCUT2D eigenvalue weighted by Crippen LogP contribution is -2.49. The number of hydrogen-bond donors (Lipinski definition) is 0. The van der Waals surface area contributed by atoms with Gasteiger partial charge in [-0.25, -0.2) is 0 Å². The molecule has 0 aromatic rings. The lowest BCUT2D eigenvalue weighted by Gasteiger charge is -2.38. The van der Waals surface area contributed by atoms with Crippen molar-refractivity contribution in [3.63, 3.8) is 0 Å². The zero-order chi connectivity index (χ0) is 12.1. The van der Waals surface area contributed by atoms with Crippen molar-refractivity contribution in [2.75, 3.05) is 46.6 Å². The standard InChI is InChI=1S/C13H22N2O2/c1-15(9-13(8-14)10-17-11-13)5-2-12-3-6-16-7-4-12/h12H,2-7,9-11H2,1H3. The highest BCUT2D eigenvalue weighted by Crippen LogP contribution is 2.27. The van der Waals surface area contributed by atoms with Crippen molar-refractivity contribution >= 4 is 0 Å². The van der Waals surface area contributed by atoms with Crippen LogP contribution >= 0.6 is 0 Å². The van der Waals surface area contributed by atoms with E-state index in [4.69, 9.17) is 14.7 Å². The molecule has 0 aromatic carbocycles. The van der Waals surface area contributed by atoms with Gasteiger partial charge in [0.05, 0.1) is 19.3 Å². The molecule has 0 N–H and O–H groups in total. The van der Waals surface area contributed by atoms with Crippen LogP contribution in [0.3, 0.4) is 0 Å². The highest BCUT2D eigenvalue weighted by molar-refractivity contribution is 5.05. The van der Waals surface area contributed by atoms with Crippen LogP contribution in [0.25, 0.3) is 0 Å². The van der Waals surface area contributed by atoms with Gasteiger partial charge in [0.25, 0.3) is 0 Å². The van der Waals surface area contributed by atoms with E-state index in [9.17, 15) is 0 Å². The summed E-state index contributed by atoms with van der Waals surface area (Å²) in [4.78, 5) is 2.28. The molecule has 0 atom stereocenters. The minimum absolute atomic E-state index is 0.232. The number of hydrogen-bond acceptors (Lipinski definition) is 4. The van der Waals surface area contributed by atoms with Crippen LogP contribution in [0.2, 0.25) is 0 Å². The topological polar surface area (TPSA) is 45.5 Å². The minimum Gasteiger partial charge on any atom is -0.381 e. The third-order valence-electron chi connectivity index (χ3n) is 3.83. The summed E-state index contributed by atoms with van der Waals surface area (Å²) in [6.45, 7) is 4.96. The van der Waals surface area contributed by atoms with E-state index in [0.29, 0.717) is 13.2 Å². The van der Waals surface area contributed by atoms with E-state index in [0.717, 1.165) is 32.2 Å². The molecular formula is C13H22N2O2. The van der Waals surface area contributed by atoms with Gasteiger partial charge < -0.3 is 14.4 Å². The Morgan fingerprint density at radius 1 is 1.29 bits per heavy atom. The highest BCUT2D eigenvalue weighted by atomic mass is 16.5. The number of rotatable bonds is 5. The van der Waals surface area contributed by atoms with Gasteiger partial charge in [-0.05, 0) is 38.8 Å². The maximum Gasteiger partial charge on any atom is 0.116 e. The molecule has 4 nitrogen and oxygen atoms in total. The second-order valence-corrected chi connectivity index (χ2v) is 5.47. The van der Waals surface area contributed by atoms with Crippen LogP contribution < -0.4 is 0 Å². The van der Waals surface area contributed by atoms with Gasteiger partial charge in [-0.3, -0.25) is 0 Å². The lowest BCUT2D eigenvalue weighted by atomic mass is 9.87. The quantitative estimate of drug-likeness (QED) is 0.723. The van der Waals surface area contributed by atoms with Crippen LogP contribution in [0.15, 0.2) is 0 Å². The maximum absolute atomic E-state index is 9.13. The van der Waals surface area contributed by atoms with Gasteiger partial charge in [0.1, 0.15) is 5.41 Å². The molecule has 0 spiro atoms. The van der Waals surface area contributed by atoms with E-state index < -0.39 is 0 Å². The predicted molar refractivity (Wildman–Crippen MR) is 64.5 cm³/mol. The van der Waals surface area contributed by atoms with E-state index in [2.05, 4.69) is 18.0 Å². The summed E-state index contributed by atoms with van der Waals surface area (Å²) in [7, 11) is 2.11. The Kier molecular flexibility index (Phi) is 4.38. The molecule has 2 saturated heterocycles. The van der Waals surface area contributed by atoms with Gasteiger partial charge in [-0.2, -0.15) is 5.26 Å². The monoisotopic (exact) mass is 238 g/mol. The fourth-order valence-electron chi connectivity index (χ4n) is 2.57. The first kappa shape index (κ1) is 12.8. The fraction of sp³-hybridized carbons (Fsp3) is 0.923. The van der Waals surface area contributed by atoms with E-state index in [-0.39, 0.29) is 5.41 Å². The Morgan fingerprint density at radius 3 is 2.53 bits per heavy atom. The van der Waals surface area contributed by atoms with Crippen molar-refractivity contribution < 1.29 is 9.47 Å². The van der Waals surface area contributed by atoms with Gasteiger partial charge in [0, 0.05) is 19.8 Å². The average Bonchev–Trinajstić information content (AvgIpc) is 2.33. The summed E-state index contributed by atoms with van der Waals surface area (Å²) in [5.41, 5.74) is -0.232. The van der Waals surface area contributed by atoms with Gasteiger partial charge in [-0.15, -0.1) is 0 Å². The third-order valence-corrected chi connectivity index (χ3v) is 3.83. The molecule has 0 aromatic heterocycles. The van der Waals surface area contributed by atoms with Gasteiger partial charge >= 0.3 is 0 Å². The highest BCUT2D eigenvalue weighted by Gasteiger charge is 2.39. The summed E-state index contributed by atoms with van der Waals surface area (Å²) >= 11 is 0. The zero-order valence-electron chi connectivity index (χ0n) is 10.7. The predicted octanol–water partition coefficient (Wildman–Crippen LogP) is 1.28. The van der Waals surface area contributed by atoms with Gasteiger partial charge in [0.15, 0.2) is 0 Å². The van der Waals surface area contributed by atoms with Crippen molar-refractivity contribution in [3.8, 4) is 6.07 Å². The summed E-state index contributed by atoms with van der Waals surface area (Å²) in [5.74, 6) is 0.807. The van der Waals surface area contributed by atoms with Crippen LogP contribution in [-0.2, 0) is 9.47 Å². The van der Waals surface area contributed by atoms with Gasteiger partial charge in [-0.1, -0.05) is 0 Å². The Balaban J connectivity index is 1.66. The Hall–Kier alpha value is -0.630. The first-order valence-corrected chi connectivity index (χ1v) is 6.49. The number of ether oxygens (including phenoxy) is 2. The normalized spacial score (nSPS) is 24.3. The van der Waals surface area contributed by atoms with E-state index in [1.54, 1.807) is 0 Å². The van der Waals surface area contributed by atoms with E-state index >= 15 is 0 Å². The maximum atomic E-state index is 9.13. The first-order chi connectivity index (χ1) is 8.24. The molecule has 2 rings (SSSR count). The summed E-state index contributed by atoms with van der Waals surface area (Å²) in [6, 6.07) is 2.40. The molecule has 0 amide bonds. The van der Waals surface area contributed by atoms with Crippen molar-refractivity contribution in [2.24, 2.45) is 11.3 Å². The molecule has 0 saturated carbocycles.